The molecule has 0 radical (unpaired) electrons. The number of pyridine rings is 1. The smallest absolute Gasteiger partial charge is 0.368 e. The van der Waals surface area contributed by atoms with Crippen LogP contribution in [-0.2, 0) is 4.79 Å². The highest BCUT2D eigenvalue weighted by molar-refractivity contribution is 5.95. The van der Waals surface area contributed by atoms with Crippen LogP contribution in [0.5, 0.6) is 0 Å². The number of likely N-dealkylation sites (N-methyl/N-ethyl adjacent to an activating group) is 1. The molecule has 1 amide bonds. The van der Waals surface area contributed by atoms with Gasteiger partial charge in [-0.1, -0.05) is 0 Å². The summed E-state index contributed by atoms with van der Waals surface area (Å²) in [5, 5.41) is 12.8. The second kappa shape index (κ2) is 9.53. The molecule has 2 aliphatic heterocycles. The van der Waals surface area contributed by atoms with Crippen molar-refractivity contribution in [3.63, 3.8) is 0 Å². The number of fused-ring (bicyclic) bond motifs is 1. The molecule has 2 atom stereocenters. The van der Waals surface area contributed by atoms with Crippen molar-refractivity contribution < 1.29 is 18.0 Å². The summed E-state index contributed by atoms with van der Waals surface area (Å²) in [7, 11) is 2.02. The molecule has 10 heteroatoms. The number of anilines is 1. The molecule has 4 rings (SSSR count). The first-order valence-corrected chi connectivity index (χ1v) is 11.0. The number of amides is 1. The topological polar surface area (TPSA) is 75.5 Å². The Labute approximate surface area is 190 Å². The van der Waals surface area contributed by atoms with Gasteiger partial charge < -0.3 is 15.1 Å². The monoisotopic (exact) mass is 460 g/mol. The van der Waals surface area contributed by atoms with Gasteiger partial charge in [-0.15, -0.1) is 0 Å². The summed E-state index contributed by atoms with van der Waals surface area (Å²) in [6.07, 6.45) is -2.97. The minimum atomic E-state index is -4.38. The average Bonchev–Trinajstić information content (AvgIpc) is 2.79. The number of carbonyl (C=O) groups excluding carboxylic acids is 1. The Hall–Kier alpha value is -2.90. The van der Waals surface area contributed by atoms with E-state index in [9.17, 15) is 23.2 Å². The van der Waals surface area contributed by atoms with Crippen molar-refractivity contribution in [2.75, 3.05) is 57.8 Å². The summed E-state index contributed by atoms with van der Waals surface area (Å²) in [4.78, 5) is 22.8. The Balaban J connectivity index is 1.54. The number of nitrogens with one attached hydrogen (secondary N) is 1. The van der Waals surface area contributed by atoms with E-state index in [4.69, 9.17) is 0 Å². The van der Waals surface area contributed by atoms with Crippen molar-refractivity contribution >= 4 is 22.5 Å². The van der Waals surface area contributed by atoms with E-state index in [-0.39, 0.29) is 32.0 Å². The Morgan fingerprint density at radius 3 is 2.67 bits per heavy atom. The van der Waals surface area contributed by atoms with E-state index in [1.165, 1.54) is 0 Å². The molecule has 1 N–H and O–H groups in total. The minimum Gasteiger partial charge on any atom is -0.368 e. The number of nitrogens with zero attached hydrogens (tertiary/aromatic N) is 5. The van der Waals surface area contributed by atoms with Gasteiger partial charge in [0, 0.05) is 62.6 Å². The molecule has 3 heterocycles. The summed E-state index contributed by atoms with van der Waals surface area (Å²) in [5.41, 5.74) is 1.42. The molecule has 33 heavy (non-hydrogen) atoms. The molecular weight excluding hydrogens is 433 g/mol. The van der Waals surface area contributed by atoms with Gasteiger partial charge in [0.05, 0.1) is 23.5 Å². The summed E-state index contributed by atoms with van der Waals surface area (Å²) in [6.45, 7) is 3.49. The normalized spacial score (nSPS) is 22.8. The molecule has 2 fully saturated rings. The zero-order valence-electron chi connectivity index (χ0n) is 18.5. The van der Waals surface area contributed by atoms with Gasteiger partial charge in [-0.05, 0) is 37.7 Å². The molecule has 7 nitrogen and oxygen atoms in total. The molecule has 2 aliphatic rings. The largest absolute Gasteiger partial charge is 0.393 e. The van der Waals surface area contributed by atoms with Crippen molar-refractivity contribution in [2.24, 2.45) is 5.92 Å². The summed E-state index contributed by atoms with van der Waals surface area (Å²) < 4.78 is 41.3. The predicted molar refractivity (Wildman–Crippen MR) is 119 cm³/mol. The molecule has 0 aliphatic carbocycles. The van der Waals surface area contributed by atoms with Gasteiger partial charge in [0.15, 0.2) is 0 Å². The number of hydrogen-bond donors (Lipinski definition) is 1. The van der Waals surface area contributed by atoms with Crippen LogP contribution in [0.4, 0.5) is 18.9 Å². The van der Waals surface area contributed by atoms with Crippen LogP contribution in [0.25, 0.3) is 10.9 Å². The lowest BCUT2D eigenvalue weighted by molar-refractivity contribution is -0.178. The number of halogens is 3. The zero-order chi connectivity index (χ0) is 23.6. The summed E-state index contributed by atoms with van der Waals surface area (Å²) in [5.74, 6) is -1.82. The van der Waals surface area contributed by atoms with Crippen LogP contribution in [0.15, 0.2) is 30.5 Å². The van der Waals surface area contributed by atoms with E-state index in [1.54, 1.807) is 35.4 Å². The number of aromatic nitrogens is 1. The summed E-state index contributed by atoms with van der Waals surface area (Å²) in [6, 6.07) is 8.17. The maximum absolute atomic E-state index is 13.8. The standard InChI is InChI=1S/C23H27F3N6O/c1-30-7-9-31(10-8-30)15-21(33)29-18-11-17(23(24,25)26)13-32(14-18)20-5-4-16(12-27)22-19(20)3-2-6-28-22/h2-6,17-18H,7-11,13-15H2,1H3,(H,29,33)/t17-,18+/m0/s1. The van der Waals surface area contributed by atoms with Crippen LogP contribution in [0.2, 0.25) is 0 Å². The van der Waals surface area contributed by atoms with Crippen molar-refractivity contribution in [3.05, 3.63) is 36.0 Å². The maximum Gasteiger partial charge on any atom is 0.393 e. The first kappa shape index (κ1) is 23.3. The number of piperazine rings is 1. The van der Waals surface area contributed by atoms with Gasteiger partial charge in [-0.2, -0.15) is 18.4 Å². The third-order valence-corrected chi connectivity index (χ3v) is 6.45. The quantitative estimate of drug-likeness (QED) is 0.754. The first-order valence-electron chi connectivity index (χ1n) is 11.0. The minimum absolute atomic E-state index is 0.152. The molecular formula is C23H27F3N6O. The van der Waals surface area contributed by atoms with Crippen molar-refractivity contribution in [1.29, 1.82) is 5.26 Å². The van der Waals surface area contributed by atoms with Crippen LogP contribution in [0.3, 0.4) is 0 Å². The van der Waals surface area contributed by atoms with Gasteiger partial charge >= 0.3 is 6.18 Å². The fourth-order valence-corrected chi connectivity index (χ4v) is 4.64. The van der Waals surface area contributed by atoms with Crippen molar-refractivity contribution in [3.8, 4) is 6.07 Å². The third-order valence-electron chi connectivity index (χ3n) is 6.45. The van der Waals surface area contributed by atoms with Crippen LogP contribution < -0.4 is 10.2 Å². The number of carbonyl (C=O) groups is 1. The van der Waals surface area contributed by atoms with E-state index in [2.05, 4.69) is 21.3 Å². The molecule has 2 saturated heterocycles. The maximum atomic E-state index is 13.8. The molecule has 176 valence electrons. The van der Waals surface area contributed by atoms with Crippen LogP contribution >= 0.6 is 0 Å². The SMILES string of the molecule is CN1CCN(CC(=O)N[C@@H]2C[C@H](C(F)(F)F)CN(c3ccc(C#N)c4ncccc34)C2)CC1. The lowest BCUT2D eigenvalue weighted by Gasteiger charge is -2.40. The Bertz CT molecular complexity index is 1040. The number of piperidine rings is 1. The van der Waals surface area contributed by atoms with Gasteiger partial charge in [-0.25, -0.2) is 0 Å². The third kappa shape index (κ3) is 5.37. The second-order valence-electron chi connectivity index (χ2n) is 8.87. The number of benzene rings is 1. The lowest BCUT2D eigenvalue weighted by atomic mass is 9.92. The lowest BCUT2D eigenvalue weighted by Crippen LogP contribution is -2.56. The van der Waals surface area contributed by atoms with E-state index < -0.39 is 18.1 Å². The predicted octanol–water partition coefficient (Wildman–Crippen LogP) is 2.23. The van der Waals surface area contributed by atoms with Crippen molar-refractivity contribution in [2.45, 2.75) is 18.6 Å². The molecule has 1 aromatic heterocycles. The highest BCUT2D eigenvalue weighted by atomic mass is 19.4. The van der Waals surface area contributed by atoms with Gasteiger partial charge in [0.1, 0.15) is 6.07 Å². The fourth-order valence-electron chi connectivity index (χ4n) is 4.64. The number of rotatable bonds is 4. The number of hydrogen-bond acceptors (Lipinski definition) is 6. The van der Waals surface area contributed by atoms with Crippen molar-refractivity contribution in [1.82, 2.24) is 20.1 Å². The molecule has 0 spiro atoms. The Morgan fingerprint density at radius 1 is 1.21 bits per heavy atom. The Kier molecular flexibility index (Phi) is 6.72. The highest BCUT2D eigenvalue weighted by Gasteiger charge is 2.45. The first-order chi connectivity index (χ1) is 15.7. The molecule has 0 bridgehead atoms. The van der Waals surface area contributed by atoms with Gasteiger partial charge in [0.2, 0.25) is 5.91 Å². The number of nitriles is 1. The second-order valence-corrected chi connectivity index (χ2v) is 8.87. The van der Waals surface area contributed by atoms with Gasteiger partial charge in [0.25, 0.3) is 0 Å². The molecule has 0 saturated carbocycles. The van der Waals surface area contributed by atoms with E-state index >= 15 is 0 Å². The van der Waals surface area contributed by atoms with Crippen LogP contribution in [-0.4, -0.2) is 85.8 Å². The molecule has 0 unspecified atom stereocenters. The fraction of sp³-hybridized carbons (Fsp3) is 0.522. The Morgan fingerprint density at radius 2 is 1.97 bits per heavy atom. The average molecular weight is 461 g/mol. The molecule has 1 aromatic carbocycles. The zero-order valence-corrected chi connectivity index (χ0v) is 18.5. The summed E-state index contributed by atoms with van der Waals surface area (Å²) >= 11 is 0. The van der Waals surface area contributed by atoms with Gasteiger partial charge in [-0.3, -0.25) is 14.7 Å². The van der Waals surface area contributed by atoms with Crippen LogP contribution in [0, 0.1) is 17.2 Å². The van der Waals surface area contributed by atoms with E-state index in [1.807, 2.05) is 11.9 Å². The van der Waals surface area contributed by atoms with E-state index in [0.717, 1.165) is 26.2 Å². The highest BCUT2D eigenvalue weighted by Crippen LogP contribution is 2.37. The number of alkyl halides is 3. The molecule has 2 aromatic rings. The van der Waals surface area contributed by atoms with Crippen LogP contribution in [0.1, 0.15) is 12.0 Å². The van der Waals surface area contributed by atoms with E-state index in [0.29, 0.717) is 22.2 Å².